The molecular weight excluding hydrogens is 416 g/mol. The summed E-state index contributed by atoms with van der Waals surface area (Å²) in [7, 11) is 0. The van der Waals surface area contributed by atoms with Crippen molar-refractivity contribution in [1.29, 1.82) is 5.26 Å². The predicted octanol–water partition coefficient (Wildman–Crippen LogP) is 5.51. The van der Waals surface area contributed by atoms with Crippen molar-refractivity contribution in [3.63, 3.8) is 0 Å². The number of aryl methyl sites for hydroxylation is 2. The molecule has 1 aromatic carbocycles. The van der Waals surface area contributed by atoms with E-state index in [0.717, 1.165) is 33.8 Å². The summed E-state index contributed by atoms with van der Waals surface area (Å²) in [5, 5.41) is 18.7. The van der Waals surface area contributed by atoms with Gasteiger partial charge in [0, 0.05) is 17.0 Å². The van der Waals surface area contributed by atoms with Gasteiger partial charge in [-0.05, 0) is 60.7 Å². The van der Waals surface area contributed by atoms with Gasteiger partial charge in [0.25, 0.3) is 0 Å². The van der Waals surface area contributed by atoms with Gasteiger partial charge in [-0.2, -0.15) is 10.4 Å². The fraction of sp³-hybridized carbons (Fsp3) is 0.423. The second-order valence-corrected chi connectivity index (χ2v) is 9.62. The highest BCUT2D eigenvalue weighted by molar-refractivity contribution is 7.10. The zero-order chi connectivity index (χ0) is 23.1. The van der Waals surface area contributed by atoms with Gasteiger partial charge in [-0.25, -0.2) is 0 Å². The molecule has 0 aliphatic heterocycles. The van der Waals surface area contributed by atoms with Crippen molar-refractivity contribution in [2.75, 3.05) is 0 Å². The molecule has 2 heterocycles. The van der Waals surface area contributed by atoms with Crippen LogP contribution in [0, 0.1) is 31.1 Å². The standard InChI is InChI=1S/C26H32N4OS/c1-18(2)17-21-8-10-22(11-9-21)26(24-7-5-16-32-24)28-25(31)13-12-23-19(3)29-30(20(23)4)15-6-14-27/h5,7-11,16,18,26H,6,12-13,15,17H2,1-4H3,(H,28,31). The third-order valence-electron chi connectivity index (χ3n) is 5.66. The molecule has 0 aliphatic carbocycles. The molecule has 0 bridgehead atoms. The molecule has 0 fully saturated rings. The SMILES string of the molecule is Cc1nn(CCC#N)c(C)c1CCC(=O)NC(c1ccc(CC(C)C)cc1)c1cccs1. The van der Waals surface area contributed by atoms with Crippen LogP contribution in [0.1, 0.15) is 65.7 Å². The van der Waals surface area contributed by atoms with Gasteiger partial charge in [-0.15, -0.1) is 11.3 Å². The highest BCUT2D eigenvalue weighted by Crippen LogP contribution is 2.27. The Hall–Kier alpha value is -2.91. The first-order valence-corrected chi connectivity index (χ1v) is 12.1. The molecule has 2 aromatic heterocycles. The molecule has 1 unspecified atom stereocenters. The van der Waals surface area contributed by atoms with E-state index in [0.29, 0.717) is 31.7 Å². The molecule has 6 heteroatoms. The summed E-state index contributed by atoms with van der Waals surface area (Å²) in [5.74, 6) is 0.642. The minimum Gasteiger partial charge on any atom is -0.344 e. The second kappa shape index (κ2) is 11.1. The molecule has 0 aliphatic rings. The average molecular weight is 449 g/mol. The highest BCUT2D eigenvalue weighted by atomic mass is 32.1. The van der Waals surface area contributed by atoms with E-state index in [-0.39, 0.29) is 11.9 Å². The summed E-state index contributed by atoms with van der Waals surface area (Å²) in [6, 6.07) is 14.7. The first-order valence-electron chi connectivity index (χ1n) is 11.2. The summed E-state index contributed by atoms with van der Waals surface area (Å²) in [6.07, 6.45) is 2.52. The van der Waals surface area contributed by atoms with Crippen molar-refractivity contribution < 1.29 is 4.79 Å². The van der Waals surface area contributed by atoms with E-state index < -0.39 is 0 Å². The molecule has 3 rings (SSSR count). The van der Waals surface area contributed by atoms with Crippen molar-refractivity contribution in [1.82, 2.24) is 15.1 Å². The summed E-state index contributed by atoms with van der Waals surface area (Å²) in [5.41, 5.74) is 5.50. The van der Waals surface area contributed by atoms with Crippen molar-refractivity contribution in [3.05, 3.63) is 74.7 Å². The van der Waals surface area contributed by atoms with E-state index in [9.17, 15) is 4.79 Å². The number of benzene rings is 1. The quantitative estimate of drug-likeness (QED) is 0.444. The molecule has 32 heavy (non-hydrogen) atoms. The Balaban J connectivity index is 1.69. The fourth-order valence-electron chi connectivity index (χ4n) is 4.03. The number of nitriles is 1. The first-order chi connectivity index (χ1) is 15.4. The Morgan fingerprint density at radius 1 is 1.22 bits per heavy atom. The van der Waals surface area contributed by atoms with E-state index in [1.165, 1.54) is 5.56 Å². The molecular formula is C26H32N4OS. The van der Waals surface area contributed by atoms with Crippen LogP contribution in [0.25, 0.3) is 0 Å². The number of hydrogen-bond donors (Lipinski definition) is 1. The first kappa shape index (κ1) is 23.7. The topological polar surface area (TPSA) is 70.7 Å². The van der Waals surface area contributed by atoms with Gasteiger partial charge in [0.05, 0.1) is 30.8 Å². The lowest BCUT2D eigenvalue weighted by atomic mass is 9.98. The Morgan fingerprint density at radius 2 is 1.97 bits per heavy atom. The van der Waals surface area contributed by atoms with E-state index in [1.54, 1.807) is 11.3 Å². The molecule has 0 radical (unpaired) electrons. The van der Waals surface area contributed by atoms with Gasteiger partial charge >= 0.3 is 0 Å². The van der Waals surface area contributed by atoms with E-state index in [2.05, 4.69) is 60.7 Å². The van der Waals surface area contributed by atoms with Crippen LogP contribution in [0.2, 0.25) is 0 Å². The molecule has 0 saturated heterocycles. The number of nitrogens with zero attached hydrogens (tertiary/aromatic N) is 3. The van der Waals surface area contributed by atoms with Crippen molar-refractivity contribution in [2.45, 2.75) is 66.0 Å². The number of hydrogen-bond acceptors (Lipinski definition) is 4. The maximum atomic E-state index is 12.9. The minimum absolute atomic E-state index is 0.0261. The lowest BCUT2D eigenvalue weighted by molar-refractivity contribution is -0.121. The fourth-order valence-corrected chi connectivity index (χ4v) is 4.84. The zero-order valence-corrected chi connectivity index (χ0v) is 20.2. The van der Waals surface area contributed by atoms with Crippen LogP contribution < -0.4 is 5.32 Å². The number of amides is 1. The number of thiophene rings is 1. The van der Waals surface area contributed by atoms with Gasteiger partial charge in [0.15, 0.2) is 0 Å². The van der Waals surface area contributed by atoms with Crippen molar-refractivity contribution in [3.8, 4) is 6.07 Å². The Bertz CT molecular complexity index is 1060. The smallest absolute Gasteiger partial charge is 0.221 e. The third-order valence-corrected chi connectivity index (χ3v) is 6.60. The molecule has 1 amide bonds. The van der Waals surface area contributed by atoms with Crippen molar-refractivity contribution in [2.24, 2.45) is 5.92 Å². The maximum Gasteiger partial charge on any atom is 0.221 e. The van der Waals surface area contributed by atoms with Crippen molar-refractivity contribution >= 4 is 17.2 Å². The molecule has 168 valence electrons. The Kier molecular flexibility index (Phi) is 8.24. The monoisotopic (exact) mass is 448 g/mol. The highest BCUT2D eigenvalue weighted by Gasteiger charge is 2.19. The lowest BCUT2D eigenvalue weighted by Crippen LogP contribution is -2.29. The molecule has 1 N–H and O–H groups in total. The van der Waals surface area contributed by atoms with E-state index in [4.69, 9.17) is 5.26 Å². The van der Waals surface area contributed by atoms with Gasteiger partial charge in [0.1, 0.15) is 0 Å². The van der Waals surface area contributed by atoms with Gasteiger partial charge in [0.2, 0.25) is 5.91 Å². The third kappa shape index (κ3) is 6.08. The molecule has 3 aromatic rings. The van der Waals surface area contributed by atoms with Crippen LogP contribution in [0.3, 0.4) is 0 Å². The van der Waals surface area contributed by atoms with Gasteiger partial charge < -0.3 is 5.32 Å². The number of rotatable bonds is 10. The van der Waals surface area contributed by atoms with Gasteiger partial charge in [-0.3, -0.25) is 9.48 Å². The number of aromatic nitrogens is 2. The van der Waals surface area contributed by atoms with Crippen LogP contribution in [0.5, 0.6) is 0 Å². The molecule has 0 spiro atoms. The average Bonchev–Trinajstić information content (AvgIpc) is 3.38. The lowest BCUT2D eigenvalue weighted by Gasteiger charge is -2.19. The summed E-state index contributed by atoms with van der Waals surface area (Å²) >= 11 is 1.66. The normalized spacial score (nSPS) is 12.0. The Labute approximate surface area is 195 Å². The van der Waals surface area contributed by atoms with Gasteiger partial charge in [-0.1, -0.05) is 44.2 Å². The zero-order valence-electron chi connectivity index (χ0n) is 19.4. The van der Waals surface area contributed by atoms with E-state index >= 15 is 0 Å². The van der Waals surface area contributed by atoms with Crippen LogP contribution in [-0.4, -0.2) is 15.7 Å². The molecule has 5 nitrogen and oxygen atoms in total. The Morgan fingerprint density at radius 3 is 2.59 bits per heavy atom. The van der Waals surface area contributed by atoms with Crippen LogP contribution in [-0.2, 0) is 24.2 Å². The minimum atomic E-state index is -0.142. The number of nitrogens with one attached hydrogen (secondary N) is 1. The van der Waals surface area contributed by atoms with Crippen LogP contribution in [0.15, 0.2) is 41.8 Å². The number of carbonyl (C=O) groups is 1. The predicted molar refractivity (Wildman–Crippen MR) is 130 cm³/mol. The maximum absolute atomic E-state index is 12.9. The summed E-state index contributed by atoms with van der Waals surface area (Å²) in [6.45, 7) is 9.01. The molecule has 0 saturated carbocycles. The largest absolute Gasteiger partial charge is 0.344 e. The number of carbonyl (C=O) groups excluding carboxylic acids is 1. The molecule has 1 atom stereocenters. The van der Waals surface area contributed by atoms with Crippen LogP contribution in [0.4, 0.5) is 0 Å². The van der Waals surface area contributed by atoms with E-state index in [1.807, 2.05) is 30.0 Å². The van der Waals surface area contributed by atoms with Crippen LogP contribution >= 0.6 is 11.3 Å². The summed E-state index contributed by atoms with van der Waals surface area (Å²) < 4.78 is 1.87. The second-order valence-electron chi connectivity index (χ2n) is 8.64. The summed E-state index contributed by atoms with van der Waals surface area (Å²) in [4.78, 5) is 14.1.